The summed E-state index contributed by atoms with van der Waals surface area (Å²) in [5.74, 6) is 0. The van der Waals surface area contributed by atoms with Crippen LogP contribution in [-0.2, 0) is 13.0 Å². The van der Waals surface area contributed by atoms with E-state index in [9.17, 15) is 4.79 Å². The minimum atomic E-state index is -0.180. The summed E-state index contributed by atoms with van der Waals surface area (Å²) in [6.07, 6.45) is 13.4. The van der Waals surface area contributed by atoms with E-state index in [0.29, 0.717) is 17.8 Å². The Labute approximate surface area is 140 Å². The molecule has 0 bridgehead atoms. The van der Waals surface area contributed by atoms with Crippen molar-refractivity contribution in [2.75, 3.05) is 0 Å². The molecule has 0 aliphatic heterocycles. The minimum Gasteiger partial charge on any atom is -0.289 e. The highest BCUT2D eigenvalue weighted by molar-refractivity contribution is 5.67. The monoisotopic (exact) mass is 323 g/mol. The first-order valence-electron chi connectivity index (χ1n) is 8.29. The fraction of sp³-hybridized carbons (Fsp3) is 0.333. The molecule has 0 spiro atoms. The van der Waals surface area contributed by atoms with Crippen molar-refractivity contribution in [1.29, 1.82) is 0 Å². The quantitative estimate of drug-likeness (QED) is 0.678. The Bertz CT molecular complexity index is 879. The molecule has 0 amide bonds. The molecule has 0 saturated heterocycles. The Hall–Kier alpha value is -2.76. The average Bonchev–Trinajstić information content (AvgIpc) is 2.92. The molecule has 6 heteroatoms. The summed E-state index contributed by atoms with van der Waals surface area (Å²) in [6, 6.07) is 3.90. The maximum Gasteiger partial charge on any atom is 0.328 e. The maximum atomic E-state index is 12.2. The van der Waals surface area contributed by atoms with Gasteiger partial charge in [0, 0.05) is 18.9 Å². The number of imidazole rings is 1. The second-order valence-electron chi connectivity index (χ2n) is 5.70. The molecule has 0 aromatic carbocycles. The fourth-order valence-corrected chi connectivity index (χ4v) is 2.53. The lowest BCUT2D eigenvalue weighted by Crippen LogP contribution is -2.18. The molecule has 3 rings (SSSR count). The number of aryl methyl sites for hydroxylation is 2. The molecule has 1 N–H and O–H groups in total. The number of allylic oxidation sites excluding steroid dienone is 1. The number of rotatable bonds is 7. The second-order valence-corrected chi connectivity index (χ2v) is 5.70. The van der Waals surface area contributed by atoms with Crippen LogP contribution in [0.25, 0.3) is 17.4 Å². The van der Waals surface area contributed by atoms with Gasteiger partial charge in [0.25, 0.3) is 0 Å². The molecule has 3 aromatic heterocycles. The summed E-state index contributed by atoms with van der Waals surface area (Å²) in [5.41, 5.74) is 2.80. The highest BCUT2D eigenvalue weighted by Crippen LogP contribution is 2.09. The van der Waals surface area contributed by atoms with Gasteiger partial charge in [-0.2, -0.15) is 0 Å². The van der Waals surface area contributed by atoms with Gasteiger partial charge in [-0.15, -0.1) is 0 Å². The van der Waals surface area contributed by atoms with Crippen LogP contribution in [0, 0.1) is 0 Å². The van der Waals surface area contributed by atoms with E-state index >= 15 is 0 Å². The largest absolute Gasteiger partial charge is 0.328 e. The number of hydrogen-bond donors (Lipinski definition) is 1. The van der Waals surface area contributed by atoms with Crippen LogP contribution >= 0.6 is 0 Å². The van der Waals surface area contributed by atoms with Crippen molar-refractivity contribution in [2.45, 2.75) is 39.2 Å². The third-order valence-corrected chi connectivity index (χ3v) is 3.86. The van der Waals surface area contributed by atoms with E-state index in [2.05, 4.69) is 32.9 Å². The summed E-state index contributed by atoms with van der Waals surface area (Å²) in [6.45, 7) is 2.71. The second kappa shape index (κ2) is 7.68. The first kappa shape index (κ1) is 16.1. The van der Waals surface area contributed by atoms with Crippen LogP contribution in [0.1, 0.15) is 37.4 Å². The van der Waals surface area contributed by atoms with Crippen molar-refractivity contribution in [1.82, 2.24) is 24.5 Å². The van der Waals surface area contributed by atoms with E-state index in [1.165, 1.54) is 6.42 Å². The van der Waals surface area contributed by atoms with E-state index in [0.717, 1.165) is 30.5 Å². The standard InChI is InChI=1S/C18H21N5O/c1-2-3-4-5-8-15-13-20-16-17(21-15)23(18(24)22-16)11-9-14-7-6-10-19-12-14/h5-8,10,12-13H,2-4,9,11H2,1H3,(H,20,22,24)/b8-5+. The van der Waals surface area contributed by atoms with Crippen molar-refractivity contribution in [3.05, 3.63) is 58.5 Å². The van der Waals surface area contributed by atoms with Gasteiger partial charge in [-0.1, -0.05) is 31.9 Å². The predicted octanol–water partition coefficient (Wildman–Crippen LogP) is 2.96. The van der Waals surface area contributed by atoms with E-state index in [1.807, 2.05) is 24.4 Å². The molecule has 0 saturated carbocycles. The van der Waals surface area contributed by atoms with Crippen molar-refractivity contribution < 1.29 is 0 Å². The molecular weight excluding hydrogens is 302 g/mol. The Morgan fingerprint density at radius 1 is 1.33 bits per heavy atom. The van der Waals surface area contributed by atoms with Crippen LogP contribution in [0.2, 0.25) is 0 Å². The molecule has 0 aliphatic carbocycles. The molecule has 0 unspecified atom stereocenters. The molecule has 24 heavy (non-hydrogen) atoms. The highest BCUT2D eigenvalue weighted by Gasteiger charge is 2.09. The summed E-state index contributed by atoms with van der Waals surface area (Å²) in [7, 11) is 0. The topological polar surface area (TPSA) is 76.5 Å². The van der Waals surface area contributed by atoms with Crippen LogP contribution in [-0.4, -0.2) is 24.5 Å². The molecule has 0 aliphatic rings. The summed E-state index contributed by atoms with van der Waals surface area (Å²) in [4.78, 5) is 27.9. The third kappa shape index (κ3) is 3.76. The predicted molar refractivity (Wildman–Crippen MR) is 94.6 cm³/mol. The van der Waals surface area contributed by atoms with Gasteiger partial charge in [0.15, 0.2) is 11.3 Å². The van der Waals surface area contributed by atoms with Gasteiger partial charge in [0.05, 0.1) is 11.9 Å². The Morgan fingerprint density at radius 3 is 3.04 bits per heavy atom. The van der Waals surface area contributed by atoms with Gasteiger partial charge in [-0.05, 0) is 30.5 Å². The van der Waals surface area contributed by atoms with Crippen LogP contribution in [0.15, 0.2) is 41.6 Å². The zero-order valence-electron chi connectivity index (χ0n) is 13.8. The van der Waals surface area contributed by atoms with Crippen molar-refractivity contribution in [2.24, 2.45) is 0 Å². The molecular formula is C18H21N5O. The molecule has 3 aromatic rings. The number of H-pyrrole nitrogens is 1. The van der Waals surface area contributed by atoms with Crippen LogP contribution in [0.4, 0.5) is 0 Å². The van der Waals surface area contributed by atoms with Gasteiger partial charge in [-0.25, -0.2) is 14.8 Å². The number of hydrogen-bond acceptors (Lipinski definition) is 4. The lowest BCUT2D eigenvalue weighted by molar-refractivity contribution is 0.684. The first-order valence-corrected chi connectivity index (χ1v) is 8.29. The molecule has 0 fully saturated rings. The Kier molecular flexibility index (Phi) is 5.15. The molecule has 0 atom stereocenters. The molecule has 0 radical (unpaired) electrons. The zero-order valence-corrected chi connectivity index (χ0v) is 13.8. The van der Waals surface area contributed by atoms with Crippen LogP contribution in [0.3, 0.4) is 0 Å². The van der Waals surface area contributed by atoms with E-state index in [4.69, 9.17) is 0 Å². The lowest BCUT2D eigenvalue weighted by Gasteiger charge is -2.03. The van der Waals surface area contributed by atoms with Crippen LogP contribution in [0.5, 0.6) is 0 Å². The normalized spacial score (nSPS) is 11.5. The minimum absolute atomic E-state index is 0.180. The number of aromatic nitrogens is 5. The summed E-state index contributed by atoms with van der Waals surface area (Å²) in [5, 5.41) is 0. The van der Waals surface area contributed by atoms with E-state index in [1.54, 1.807) is 17.0 Å². The number of nitrogens with one attached hydrogen (secondary N) is 1. The summed E-state index contributed by atoms with van der Waals surface area (Å²) >= 11 is 0. The van der Waals surface area contributed by atoms with E-state index in [-0.39, 0.29) is 5.69 Å². The first-order chi connectivity index (χ1) is 11.8. The molecule has 3 heterocycles. The van der Waals surface area contributed by atoms with Gasteiger partial charge in [0.2, 0.25) is 0 Å². The van der Waals surface area contributed by atoms with Crippen molar-refractivity contribution in [3.63, 3.8) is 0 Å². The average molecular weight is 323 g/mol. The Balaban J connectivity index is 1.82. The number of nitrogens with zero attached hydrogens (tertiary/aromatic N) is 4. The molecule has 124 valence electrons. The van der Waals surface area contributed by atoms with Crippen molar-refractivity contribution in [3.8, 4) is 0 Å². The number of aromatic amines is 1. The van der Waals surface area contributed by atoms with E-state index < -0.39 is 0 Å². The number of pyridine rings is 1. The zero-order chi connectivity index (χ0) is 16.8. The van der Waals surface area contributed by atoms with Gasteiger partial charge in [0.1, 0.15) is 0 Å². The smallest absolute Gasteiger partial charge is 0.289 e. The number of unbranched alkanes of at least 4 members (excludes halogenated alkanes) is 2. The van der Waals surface area contributed by atoms with Crippen molar-refractivity contribution >= 4 is 17.4 Å². The lowest BCUT2D eigenvalue weighted by atomic mass is 10.2. The van der Waals surface area contributed by atoms with Gasteiger partial charge < -0.3 is 0 Å². The highest BCUT2D eigenvalue weighted by atomic mass is 16.1. The van der Waals surface area contributed by atoms with Gasteiger partial charge in [-0.3, -0.25) is 14.5 Å². The molecule has 6 nitrogen and oxygen atoms in total. The maximum absolute atomic E-state index is 12.2. The number of fused-ring (bicyclic) bond motifs is 1. The SMILES string of the molecule is CCCC/C=C/c1cnc2[nH]c(=O)n(CCc3cccnc3)c2n1. The third-order valence-electron chi connectivity index (χ3n) is 3.86. The fourth-order valence-electron chi connectivity index (χ4n) is 2.53. The van der Waals surface area contributed by atoms with Gasteiger partial charge >= 0.3 is 5.69 Å². The van der Waals surface area contributed by atoms with Crippen LogP contribution < -0.4 is 5.69 Å². The summed E-state index contributed by atoms with van der Waals surface area (Å²) < 4.78 is 1.64. The Morgan fingerprint density at radius 2 is 2.25 bits per heavy atom.